The Kier molecular flexibility index (Phi) is 4.95. The predicted molar refractivity (Wildman–Crippen MR) is 57.6 cm³/mol. The molecule has 0 amide bonds. The maximum atomic E-state index is 11.4. The summed E-state index contributed by atoms with van der Waals surface area (Å²) < 4.78 is 26.1. The Hall–Kier alpha value is 0.440. The van der Waals surface area contributed by atoms with Gasteiger partial charge in [-0.15, -0.1) is 4.49 Å². The molecule has 9 heteroatoms. The van der Waals surface area contributed by atoms with E-state index in [1.807, 2.05) is 0 Å². The van der Waals surface area contributed by atoms with Crippen LogP contribution in [-0.4, -0.2) is 25.8 Å². The average molecular weight is 246 g/mol. The Morgan fingerprint density at radius 2 is 1.77 bits per heavy atom. The Morgan fingerprint density at radius 3 is 2.00 bits per heavy atom. The third kappa shape index (κ3) is 5.02. The minimum absolute atomic E-state index is 0.362. The lowest BCUT2D eigenvalue weighted by Gasteiger charge is -2.21. The van der Waals surface area contributed by atoms with Crippen molar-refractivity contribution in [2.75, 3.05) is 13.1 Å². The van der Waals surface area contributed by atoms with Crippen LogP contribution in [0.1, 0.15) is 13.8 Å². The standard InChI is InChI=1S/C4H15N4O2PS2/c1-3-8(4-2)13(9,10)7-11(5,6)12/h3-4H2,1-2H3,(H5,5,6,7,12). The molecule has 0 aliphatic heterocycles. The smallest absolute Gasteiger partial charge is 0.279 e. The maximum absolute atomic E-state index is 11.4. The van der Waals surface area contributed by atoms with Gasteiger partial charge in [0.25, 0.3) is 10.2 Å². The number of hydrogen-bond donors (Lipinski definition) is 3. The van der Waals surface area contributed by atoms with E-state index in [1.165, 1.54) is 4.31 Å². The van der Waals surface area contributed by atoms with E-state index in [2.05, 4.69) is 16.3 Å². The van der Waals surface area contributed by atoms with Crippen LogP contribution in [0.4, 0.5) is 0 Å². The average Bonchev–Trinajstić information content (AvgIpc) is 1.83. The highest BCUT2D eigenvalue weighted by Crippen LogP contribution is 2.21. The first-order chi connectivity index (χ1) is 5.73. The summed E-state index contributed by atoms with van der Waals surface area (Å²) in [6.07, 6.45) is 0. The van der Waals surface area contributed by atoms with Gasteiger partial charge in [0.1, 0.15) is 6.49 Å². The first-order valence-corrected chi connectivity index (χ1v) is 8.07. The molecule has 6 nitrogen and oxygen atoms in total. The fourth-order valence-electron chi connectivity index (χ4n) is 0.802. The summed E-state index contributed by atoms with van der Waals surface area (Å²) in [6, 6.07) is 0. The molecule has 0 saturated heterocycles. The van der Waals surface area contributed by atoms with Gasteiger partial charge in [0, 0.05) is 13.1 Å². The summed E-state index contributed by atoms with van der Waals surface area (Å²) >= 11 is 4.60. The van der Waals surface area contributed by atoms with Gasteiger partial charge in [-0.05, 0) is 11.8 Å². The zero-order valence-corrected chi connectivity index (χ0v) is 10.1. The number of hydrogen-bond acceptors (Lipinski definition) is 3. The number of nitrogens with two attached hydrogens (primary N) is 2. The van der Waals surface area contributed by atoms with E-state index in [4.69, 9.17) is 11.0 Å². The summed E-state index contributed by atoms with van der Waals surface area (Å²) in [4.78, 5) is 0. The lowest BCUT2D eigenvalue weighted by Crippen LogP contribution is -2.41. The van der Waals surface area contributed by atoms with E-state index in [0.717, 1.165) is 0 Å². The topological polar surface area (TPSA) is 101 Å². The van der Waals surface area contributed by atoms with Gasteiger partial charge < -0.3 is 0 Å². The highest BCUT2D eigenvalue weighted by atomic mass is 32.5. The monoisotopic (exact) mass is 246 g/mol. The molecular formula is C4H15N4O2PS2. The normalized spacial score (nSPS) is 13.6. The summed E-state index contributed by atoms with van der Waals surface area (Å²) in [5, 5.41) is 0. The zero-order chi connectivity index (χ0) is 10.7. The van der Waals surface area contributed by atoms with Crippen LogP contribution in [0, 0.1) is 0 Å². The van der Waals surface area contributed by atoms with Crippen LogP contribution in [0.5, 0.6) is 0 Å². The molecule has 0 radical (unpaired) electrons. The second-order valence-electron chi connectivity index (χ2n) is 2.39. The summed E-state index contributed by atoms with van der Waals surface area (Å²) in [7, 11) is -3.60. The molecule has 13 heavy (non-hydrogen) atoms. The second kappa shape index (κ2) is 4.79. The highest BCUT2D eigenvalue weighted by molar-refractivity contribution is 8.15. The molecule has 0 saturated carbocycles. The molecule has 0 aromatic heterocycles. The van der Waals surface area contributed by atoms with Crippen LogP contribution in [-0.2, 0) is 22.0 Å². The van der Waals surface area contributed by atoms with E-state index in [-0.39, 0.29) is 0 Å². The van der Waals surface area contributed by atoms with Crippen molar-refractivity contribution in [1.82, 2.24) is 8.80 Å². The Bertz CT molecular complexity index is 293. The van der Waals surface area contributed by atoms with Gasteiger partial charge in [0.15, 0.2) is 0 Å². The molecule has 0 aromatic carbocycles. The molecule has 0 aliphatic rings. The summed E-state index contributed by atoms with van der Waals surface area (Å²) in [5.74, 6) is 0. The van der Waals surface area contributed by atoms with Crippen molar-refractivity contribution < 1.29 is 8.42 Å². The van der Waals surface area contributed by atoms with Gasteiger partial charge in [-0.1, -0.05) is 13.8 Å². The fourth-order valence-corrected chi connectivity index (χ4v) is 4.23. The van der Waals surface area contributed by atoms with Crippen molar-refractivity contribution in [2.24, 2.45) is 11.0 Å². The van der Waals surface area contributed by atoms with Crippen molar-refractivity contribution in [3.8, 4) is 0 Å². The van der Waals surface area contributed by atoms with E-state index in [1.54, 1.807) is 13.8 Å². The third-order valence-electron chi connectivity index (χ3n) is 1.30. The molecule has 0 aromatic rings. The molecule has 0 aliphatic carbocycles. The van der Waals surface area contributed by atoms with Crippen molar-refractivity contribution in [1.29, 1.82) is 0 Å². The molecule has 0 atom stereocenters. The molecule has 0 unspecified atom stereocenters. The molecule has 5 N–H and O–H groups in total. The summed E-state index contributed by atoms with van der Waals surface area (Å²) in [5.41, 5.74) is 10.5. The van der Waals surface area contributed by atoms with E-state index >= 15 is 0 Å². The minimum Gasteiger partial charge on any atom is -0.279 e. The zero-order valence-electron chi connectivity index (χ0n) is 7.60. The molecule has 0 fully saturated rings. The van der Waals surface area contributed by atoms with Crippen molar-refractivity contribution >= 4 is 28.5 Å². The van der Waals surface area contributed by atoms with Crippen molar-refractivity contribution in [3.63, 3.8) is 0 Å². The van der Waals surface area contributed by atoms with Crippen molar-refractivity contribution in [3.05, 3.63) is 0 Å². The molecule has 0 heterocycles. The van der Waals surface area contributed by atoms with Crippen LogP contribution in [0.25, 0.3) is 0 Å². The van der Waals surface area contributed by atoms with Crippen LogP contribution in [0.3, 0.4) is 0 Å². The molecule has 0 rings (SSSR count). The van der Waals surface area contributed by atoms with Crippen LogP contribution < -0.4 is 15.5 Å². The largest absolute Gasteiger partial charge is 0.285 e. The van der Waals surface area contributed by atoms with E-state index in [9.17, 15) is 8.42 Å². The Morgan fingerprint density at radius 1 is 1.38 bits per heavy atom. The Balaban J connectivity index is 4.68. The van der Waals surface area contributed by atoms with Crippen LogP contribution in [0.15, 0.2) is 0 Å². The van der Waals surface area contributed by atoms with E-state index < -0.39 is 16.7 Å². The number of nitrogens with one attached hydrogen (secondary N) is 1. The Labute approximate surface area is 84.0 Å². The van der Waals surface area contributed by atoms with Crippen molar-refractivity contribution in [2.45, 2.75) is 13.8 Å². The predicted octanol–water partition coefficient (Wildman–Crippen LogP) is -0.695. The van der Waals surface area contributed by atoms with Gasteiger partial charge in [0.2, 0.25) is 0 Å². The first kappa shape index (κ1) is 13.4. The summed E-state index contributed by atoms with van der Waals surface area (Å²) in [6.45, 7) is 1.25. The fraction of sp³-hybridized carbons (Fsp3) is 1.00. The van der Waals surface area contributed by atoms with Crippen LogP contribution in [0.2, 0.25) is 0 Å². The maximum Gasteiger partial charge on any atom is 0.285 e. The number of nitrogens with zero attached hydrogens (tertiary/aromatic N) is 1. The van der Waals surface area contributed by atoms with Gasteiger partial charge in [-0.2, -0.15) is 12.7 Å². The molecule has 0 bridgehead atoms. The minimum atomic E-state index is -3.60. The van der Waals surface area contributed by atoms with Crippen LogP contribution >= 0.6 is 6.49 Å². The van der Waals surface area contributed by atoms with Gasteiger partial charge in [-0.3, -0.25) is 11.0 Å². The third-order valence-corrected chi connectivity index (χ3v) is 5.23. The van der Waals surface area contributed by atoms with E-state index in [0.29, 0.717) is 13.1 Å². The van der Waals surface area contributed by atoms with Gasteiger partial charge in [0.05, 0.1) is 0 Å². The lowest BCUT2D eigenvalue weighted by atomic mass is 10.7. The quantitative estimate of drug-likeness (QED) is 0.557. The lowest BCUT2D eigenvalue weighted by molar-refractivity contribution is 0.443. The van der Waals surface area contributed by atoms with Gasteiger partial charge in [-0.25, -0.2) is 0 Å². The highest BCUT2D eigenvalue weighted by Gasteiger charge is 2.22. The second-order valence-corrected chi connectivity index (χ2v) is 7.82. The molecule has 80 valence electrons. The molecule has 0 spiro atoms. The van der Waals surface area contributed by atoms with Gasteiger partial charge >= 0.3 is 0 Å². The SMILES string of the molecule is CCN(CC)S(=O)(=O)NP(N)(N)=S. The molecular weight excluding hydrogens is 231 g/mol. The first-order valence-electron chi connectivity index (χ1n) is 3.69. The number of rotatable bonds is 5.